The average Bonchev–Trinajstić information content (AvgIpc) is 2.57. The number of hydrogen-bond acceptors (Lipinski definition) is 4. The molecule has 2 amide bonds. The van der Waals surface area contributed by atoms with E-state index >= 15 is 0 Å². The second-order valence-corrected chi connectivity index (χ2v) is 5.25. The largest absolute Gasteiger partial charge is 0.492 e. The first-order valence-corrected chi connectivity index (χ1v) is 7.93. The van der Waals surface area contributed by atoms with Gasteiger partial charge in [0.05, 0.1) is 38.6 Å². The van der Waals surface area contributed by atoms with Crippen LogP contribution in [0.25, 0.3) is 0 Å². The van der Waals surface area contributed by atoms with E-state index < -0.39 is 11.8 Å². The van der Waals surface area contributed by atoms with Crippen LogP contribution in [0, 0.1) is 0 Å². The number of anilines is 1. The molecule has 0 atom stereocenters. The summed E-state index contributed by atoms with van der Waals surface area (Å²) < 4.78 is 10.7. The molecular formula is C16H24N3O4+. The second kappa shape index (κ2) is 9.12. The van der Waals surface area contributed by atoms with Gasteiger partial charge in [-0.15, -0.1) is 0 Å². The van der Waals surface area contributed by atoms with Crippen molar-refractivity contribution < 1.29 is 24.0 Å². The van der Waals surface area contributed by atoms with Gasteiger partial charge in [0, 0.05) is 0 Å². The van der Waals surface area contributed by atoms with Crippen LogP contribution in [0.15, 0.2) is 24.3 Å². The molecule has 1 fully saturated rings. The first-order valence-electron chi connectivity index (χ1n) is 7.93. The number of carbonyl (C=O) groups is 2. The number of quaternary nitrogens is 1. The Kier molecular flexibility index (Phi) is 6.83. The number of nitrogens with one attached hydrogen (secondary N) is 3. The molecule has 1 aliphatic rings. The Balaban J connectivity index is 1.77. The van der Waals surface area contributed by atoms with Gasteiger partial charge in [-0.1, -0.05) is 12.1 Å². The standard InChI is InChI=1S/C16H23N3O4/c1-2-23-14-6-4-3-5-13(14)18-16(21)15(20)17-7-8-19-9-11-22-12-10-19/h3-6H,2,7-12H2,1H3,(H,17,20)(H,18,21)/p+1. The van der Waals surface area contributed by atoms with Crippen molar-refractivity contribution in [3.05, 3.63) is 24.3 Å². The topological polar surface area (TPSA) is 81.1 Å². The molecule has 0 aromatic heterocycles. The summed E-state index contributed by atoms with van der Waals surface area (Å²) in [5.41, 5.74) is 0.494. The molecule has 0 saturated carbocycles. The Bertz CT molecular complexity index is 530. The molecule has 0 spiro atoms. The molecular weight excluding hydrogens is 298 g/mol. The minimum absolute atomic E-state index is 0.467. The van der Waals surface area contributed by atoms with E-state index in [-0.39, 0.29) is 0 Å². The lowest BCUT2D eigenvalue weighted by molar-refractivity contribution is -0.906. The van der Waals surface area contributed by atoms with Crippen molar-refractivity contribution in [3.63, 3.8) is 0 Å². The summed E-state index contributed by atoms with van der Waals surface area (Å²) in [6.45, 7) is 6.97. The van der Waals surface area contributed by atoms with Crippen molar-refractivity contribution in [1.29, 1.82) is 0 Å². The minimum atomic E-state index is -0.686. The molecule has 1 heterocycles. The summed E-state index contributed by atoms with van der Waals surface area (Å²) in [6.07, 6.45) is 0. The van der Waals surface area contributed by atoms with Crippen LogP contribution in [-0.2, 0) is 14.3 Å². The van der Waals surface area contributed by atoms with Crippen molar-refractivity contribution >= 4 is 17.5 Å². The Morgan fingerprint density at radius 1 is 1.22 bits per heavy atom. The van der Waals surface area contributed by atoms with Crippen LogP contribution in [0.1, 0.15) is 6.92 Å². The van der Waals surface area contributed by atoms with E-state index in [2.05, 4.69) is 10.6 Å². The molecule has 23 heavy (non-hydrogen) atoms. The molecule has 0 radical (unpaired) electrons. The van der Waals surface area contributed by atoms with E-state index in [1.165, 1.54) is 4.90 Å². The average molecular weight is 322 g/mol. The van der Waals surface area contributed by atoms with Crippen LogP contribution in [0.5, 0.6) is 5.75 Å². The fourth-order valence-corrected chi connectivity index (χ4v) is 2.37. The Hall–Kier alpha value is -2.12. The first-order chi connectivity index (χ1) is 11.2. The van der Waals surface area contributed by atoms with Gasteiger partial charge >= 0.3 is 11.8 Å². The minimum Gasteiger partial charge on any atom is -0.492 e. The van der Waals surface area contributed by atoms with E-state index in [9.17, 15) is 9.59 Å². The van der Waals surface area contributed by atoms with E-state index in [1.54, 1.807) is 18.2 Å². The molecule has 1 saturated heterocycles. The molecule has 1 aromatic rings. The SMILES string of the molecule is CCOc1ccccc1NC(=O)C(=O)NCC[NH+]1CCOCC1. The van der Waals surface area contributed by atoms with Gasteiger partial charge in [-0.3, -0.25) is 9.59 Å². The van der Waals surface area contributed by atoms with Crippen LogP contribution in [0.2, 0.25) is 0 Å². The zero-order chi connectivity index (χ0) is 16.5. The Morgan fingerprint density at radius 3 is 2.70 bits per heavy atom. The molecule has 0 bridgehead atoms. The number of ether oxygens (including phenoxy) is 2. The third-order valence-corrected chi connectivity index (χ3v) is 3.61. The van der Waals surface area contributed by atoms with Crippen molar-refractivity contribution in [1.82, 2.24) is 5.32 Å². The molecule has 3 N–H and O–H groups in total. The van der Waals surface area contributed by atoms with Crippen LogP contribution in [-0.4, -0.2) is 57.8 Å². The highest BCUT2D eigenvalue weighted by Gasteiger charge is 2.17. The Labute approximate surface area is 135 Å². The third kappa shape index (κ3) is 5.54. The van der Waals surface area contributed by atoms with E-state index in [4.69, 9.17) is 9.47 Å². The van der Waals surface area contributed by atoms with E-state index in [0.717, 1.165) is 32.8 Å². The van der Waals surface area contributed by atoms with Crippen molar-refractivity contribution in [3.8, 4) is 5.75 Å². The highest BCUT2D eigenvalue weighted by Crippen LogP contribution is 2.23. The van der Waals surface area contributed by atoms with Crippen molar-refractivity contribution in [2.24, 2.45) is 0 Å². The summed E-state index contributed by atoms with van der Waals surface area (Å²) >= 11 is 0. The zero-order valence-corrected chi connectivity index (χ0v) is 13.4. The highest BCUT2D eigenvalue weighted by molar-refractivity contribution is 6.39. The summed E-state index contributed by atoms with van der Waals surface area (Å²) in [5, 5.41) is 5.23. The summed E-state index contributed by atoms with van der Waals surface area (Å²) in [5.74, 6) is -0.771. The summed E-state index contributed by atoms with van der Waals surface area (Å²) in [4.78, 5) is 25.2. The van der Waals surface area contributed by atoms with Gasteiger partial charge in [0.15, 0.2) is 0 Å². The highest BCUT2D eigenvalue weighted by atomic mass is 16.5. The van der Waals surface area contributed by atoms with Gasteiger partial charge in [-0.2, -0.15) is 0 Å². The van der Waals surface area contributed by atoms with Crippen molar-refractivity contribution in [2.45, 2.75) is 6.92 Å². The summed E-state index contributed by atoms with van der Waals surface area (Å²) in [7, 11) is 0. The monoisotopic (exact) mass is 322 g/mol. The lowest BCUT2D eigenvalue weighted by Crippen LogP contribution is -3.14. The zero-order valence-electron chi connectivity index (χ0n) is 13.4. The van der Waals surface area contributed by atoms with Gasteiger partial charge < -0.3 is 25.0 Å². The second-order valence-electron chi connectivity index (χ2n) is 5.25. The number of benzene rings is 1. The number of para-hydroxylation sites is 2. The molecule has 0 aliphatic carbocycles. The molecule has 0 unspecified atom stereocenters. The van der Waals surface area contributed by atoms with Crippen molar-refractivity contribution in [2.75, 3.05) is 51.3 Å². The predicted octanol–water partition coefficient (Wildman–Crippen LogP) is -0.945. The summed E-state index contributed by atoms with van der Waals surface area (Å²) in [6, 6.07) is 7.04. The van der Waals surface area contributed by atoms with Gasteiger partial charge in [0.1, 0.15) is 18.8 Å². The normalized spacial score (nSPS) is 15.0. The first kappa shape index (κ1) is 17.2. The van der Waals surface area contributed by atoms with Crippen LogP contribution < -0.4 is 20.3 Å². The van der Waals surface area contributed by atoms with Crippen LogP contribution >= 0.6 is 0 Å². The van der Waals surface area contributed by atoms with Gasteiger partial charge in [0.25, 0.3) is 0 Å². The molecule has 126 valence electrons. The van der Waals surface area contributed by atoms with Crippen LogP contribution in [0.3, 0.4) is 0 Å². The predicted molar refractivity (Wildman–Crippen MR) is 85.6 cm³/mol. The van der Waals surface area contributed by atoms with Gasteiger partial charge in [-0.05, 0) is 19.1 Å². The molecule has 7 nitrogen and oxygen atoms in total. The third-order valence-electron chi connectivity index (χ3n) is 3.61. The smallest absolute Gasteiger partial charge is 0.313 e. The fraction of sp³-hybridized carbons (Fsp3) is 0.500. The number of hydrogen-bond donors (Lipinski definition) is 3. The van der Waals surface area contributed by atoms with E-state index in [1.807, 2.05) is 13.0 Å². The molecule has 1 aromatic carbocycles. The lowest BCUT2D eigenvalue weighted by Gasteiger charge is -2.23. The maximum Gasteiger partial charge on any atom is 0.313 e. The maximum absolute atomic E-state index is 11.9. The van der Waals surface area contributed by atoms with E-state index in [0.29, 0.717) is 24.6 Å². The number of amides is 2. The molecule has 1 aliphatic heterocycles. The van der Waals surface area contributed by atoms with Crippen LogP contribution in [0.4, 0.5) is 5.69 Å². The lowest BCUT2D eigenvalue weighted by atomic mass is 10.3. The number of morpholine rings is 1. The number of rotatable bonds is 6. The van der Waals surface area contributed by atoms with Gasteiger partial charge in [0.2, 0.25) is 0 Å². The Morgan fingerprint density at radius 2 is 1.96 bits per heavy atom. The molecule has 2 rings (SSSR count). The molecule has 7 heteroatoms. The quantitative estimate of drug-likeness (QED) is 0.590. The maximum atomic E-state index is 11.9. The van der Waals surface area contributed by atoms with Gasteiger partial charge in [-0.25, -0.2) is 0 Å². The fourth-order valence-electron chi connectivity index (χ4n) is 2.37. The number of carbonyl (C=O) groups excluding carboxylic acids is 2.